The highest BCUT2D eigenvalue weighted by atomic mass is 32.2. The average molecular weight is 414 g/mol. The molecule has 156 valence electrons. The molecule has 2 aromatic rings. The lowest BCUT2D eigenvalue weighted by Crippen LogP contribution is -2.41. The van der Waals surface area contributed by atoms with Gasteiger partial charge in [0.1, 0.15) is 5.82 Å². The molecule has 3 rings (SSSR count). The van der Waals surface area contributed by atoms with Crippen LogP contribution in [-0.2, 0) is 11.3 Å². The van der Waals surface area contributed by atoms with E-state index in [2.05, 4.69) is 70.8 Å². The number of morpholine rings is 1. The Bertz CT molecular complexity index is 754. The van der Waals surface area contributed by atoms with E-state index in [1.807, 2.05) is 24.0 Å². The van der Waals surface area contributed by atoms with Crippen LogP contribution in [0, 0.1) is 0 Å². The number of anilines is 1. The van der Waals surface area contributed by atoms with Crippen LogP contribution in [0.3, 0.4) is 0 Å². The lowest BCUT2D eigenvalue weighted by atomic mass is 10.2. The maximum absolute atomic E-state index is 5.60. The van der Waals surface area contributed by atoms with Gasteiger partial charge in [0, 0.05) is 43.0 Å². The fourth-order valence-electron chi connectivity index (χ4n) is 3.09. The summed E-state index contributed by atoms with van der Waals surface area (Å²) in [6, 6.07) is 14.7. The number of benzene rings is 1. The third-order valence-corrected chi connectivity index (χ3v) is 5.56. The Morgan fingerprint density at radius 2 is 2.10 bits per heavy atom. The summed E-state index contributed by atoms with van der Waals surface area (Å²) in [4.78, 5) is 12.9. The highest BCUT2D eigenvalue weighted by Gasteiger charge is 2.17. The van der Waals surface area contributed by atoms with Gasteiger partial charge in [0.2, 0.25) is 0 Å². The van der Waals surface area contributed by atoms with Gasteiger partial charge in [-0.05, 0) is 37.6 Å². The Morgan fingerprint density at radius 3 is 2.83 bits per heavy atom. The van der Waals surface area contributed by atoms with Crippen LogP contribution in [0.4, 0.5) is 5.82 Å². The van der Waals surface area contributed by atoms with Crippen molar-refractivity contribution in [3.8, 4) is 0 Å². The molecule has 0 amide bonds. The van der Waals surface area contributed by atoms with Crippen molar-refractivity contribution in [3.05, 3.63) is 54.2 Å². The number of ether oxygens (including phenoxy) is 1. The van der Waals surface area contributed by atoms with Crippen LogP contribution in [0.1, 0.15) is 19.4 Å². The number of rotatable bonds is 8. The molecule has 1 fully saturated rings. The van der Waals surface area contributed by atoms with Gasteiger partial charge in [-0.3, -0.25) is 0 Å². The third-order valence-electron chi connectivity index (χ3n) is 4.54. The highest BCUT2D eigenvalue weighted by Crippen LogP contribution is 2.16. The van der Waals surface area contributed by atoms with Crippen LogP contribution in [0.2, 0.25) is 0 Å². The van der Waals surface area contributed by atoms with Crippen LogP contribution >= 0.6 is 11.8 Å². The fraction of sp³-hybridized carbons (Fsp3) is 0.455. The first-order valence-electron chi connectivity index (χ1n) is 10.3. The molecule has 7 heteroatoms. The van der Waals surface area contributed by atoms with Crippen molar-refractivity contribution in [2.45, 2.75) is 31.4 Å². The summed E-state index contributed by atoms with van der Waals surface area (Å²) in [5.41, 5.74) is 1.10. The van der Waals surface area contributed by atoms with E-state index < -0.39 is 0 Å². The monoisotopic (exact) mass is 413 g/mol. The van der Waals surface area contributed by atoms with Gasteiger partial charge in [-0.25, -0.2) is 9.98 Å². The number of aliphatic imine (C=N–C) groups is 1. The summed E-state index contributed by atoms with van der Waals surface area (Å²) >= 11 is 1.84. The van der Waals surface area contributed by atoms with Crippen LogP contribution in [0.15, 0.2) is 58.5 Å². The molecule has 6 nitrogen and oxygen atoms in total. The average Bonchev–Trinajstić information content (AvgIpc) is 2.76. The quantitative estimate of drug-likeness (QED) is 0.300. The first-order valence-corrected chi connectivity index (χ1v) is 11.2. The van der Waals surface area contributed by atoms with Crippen molar-refractivity contribution in [2.24, 2.45) is 4.99 Å². The van der Waals surface area contributed by atoms with E-state index in [-0.39, 0.29) is 6.10 Å². The van der Waals surface area contributed by atoms with E-state index in [1.54, 1.807) is 0 Å². The number of nitrogens with zero attached hydrogens (tertiary/aromatic N) is 3. The normalized spacial score (nSPS) is 17.2. The van der Waals surface area contributed by atoms with Crippen molar-refractivity contribution in [1.82, 2.24) is 15.6 Å². The largest absolute Gasteiger partial charge is 0.375 e. The van der Waals surface area contributed by atoms with E-state index in [4.69, 9.17) is 9.73 Å². The zero-order valence-corrected chi connectivity index (χ0v) is 18.1. The summed E-state index contributed by atoms with van der Waals surface area (Å²) in [7, 11) is 0. The van der Waals surface area contributed by atoms with Crippen molar-refractivity contribution in [1.29, 1.82) is 0 Å². The van der Waals surface area contributed by atoms with Gasteiger partial charge in [0.15, 0.2) is 5.96 Å². The molecular weight excluding hydrogens is 382 g/mol. The van der Waals surface area contributed by atoms with Gasteiger partial charge in [0.05, 0.1) is 19.3 Å². The smallest absolute Gasteiger partial charge is 0.191 e. The van der Waals surface area contributed by atoms with E-state index in [0.29, 0.717) is 6.54 Å². The Hall–Kier alpha value is -2.25. The van der Waals surface area contributed by atoms with E-state index in [1.165, 1.54) is 4.90 Å². The standard InChI is InChI=1S/C22H31N5OS/c1-3-23-22(24-11-14-29-20-7-5-4-6-8-20)26-16-19-9-10-21(25-15-19)27-12-13-28-18(2)17-27/h4-10,15,18H,3,11-14,16-17H2,1-2H3,(H2,23,24,26). The molecule has 0 saturated carbocycles. The summed E-state index contributed by atoms with van der Waals surface area (Å²) in [6.45, 7) is 9.02. The second-order valence-corrected chi connectivity index (χ2v) is 8.10. The lowest BCUT2D eigenvalue weighted by molar-refractivity contribution is 0.0529. The molecule has 1 aromatic heterocycles. The molecule has 0 bridgehead atoms. The Kier molecular flexibility index (Phi) is 8.64. The highest BCUT2D eigenvalue weighted by molar-refractivity contribution is 7.99. The molecule has 1 saturated heterocycles. The van der Waals surface area contributed by atoms with Crippen molar-refractivity contribution < 1.29 is 4.74 Å². The summed E-state index contributed by atoms with van der Waals surface area (Å²) in [5, 5.41) is 6.71. The summed E-state index contributed by atoms with van der Waals surface area (Å²) in [6.07, 6.45) is 2.18. The number of guanidine groups is 1. The Morgan fingerprint density at radius 1 is 1.24 bits per heavy atom. The SMILES string of the molecule is CCNC(=NCc1ccc(N2CCOC(C)C2)nc1)NCCSc1ccccc1. The molecule has 0 radical (unpaired) electrons. The van der Waals surface area contributed by atoms with Gasteiger partial charge < -0.3 is 20.3 Å². The summed E-state index contributed by atoms with van der Waals surface area (Å²) in [5.74, 6) is 2.84. The minimum atomic E-state index is 0.253. The second kappa shape index (κ2) is 11.7. The minimum Gasteiger partial charge on any atom is -0.375 e. The number of pyridine rings is 1. The van der Waals surface area contributed by atoms with E-state index >= 15 is 0 Å². The first kappa shape index (κ1) is 21.5. The Labute approximate surface area is 178 Å². The molecular formula is C22H31N5OS. The first-order chi connectivity index (χ1) is 14.2. The van der Waals surface area contributed by atoms with Crippen molar-refractivity contribution in [3.63, 3.8) is 0 Å². The lowest BCUT2D eigenvalue weighted by Gasteiger charge is -2.32. The van der Waals surface area contributed by atoms with E-state index in [9.17, 15) is 0 Å². The topological polar surface area (TPSA) is 61.8 Å². The molecule has 2 N–H and O–H groups in total. The predicted octanol–water partition coefficient (Wildman–Crippen LogP) is 3.15. The second-order valence-electron chi connectivity index (χ2n) is 6.94. The van der Waals surface area contributed by atoms with E-state index in [0.717, 1.165) is 55.9 Å². The van der Waals surface area contributed by atoms with Crippen LogP contribution < -0.4 is 15.5 Å². The number of nitrogens with one attached hydrogen (secondary N) is 2. The summed E-state index contributed by atoms with van der Waals surface area (Å²) < 4.78 is 5.60. The molecule has 29 heavy (non-hydrogen) atoms. The van der Waals surface area contributed by atoms with Gasteiger partial charge in [-0.2, -0.15) is 0 Å². The number of hydrogen-bond donors (Lipinski definition) is 2. The number of thioether (sulfide) groups is 1. The molecule has 1 aliphatic rings. The molecule has 1 aliphatic heterocycles. The van der Waals surface area contributed by atoms with Gasteiger partial charge >= 0.3 is 0 Å². The van der Waals surface area contributed by atoms with Gasteiger partial charge in [0.25, 0.3) is 0 Å². The van der Waals surface area contributed by atoms with Crippen molar-refractivity contribution in [2.75, 3.05) is 43.4 Å². The van der Waals surface area contributed by atoms with Crippen LogP contribution in [0.5, 0.6) is 0 Å². The molecule has 1 atom stereocenters. The maximum Gasteiger partial charge on any atom is 0.191 e. The molecule has 2 heterocycles. The minimum absolute atomic E-state index is 0.253. The number of hydrogen-bond acceptors (Lipinski definition) is 5. The Balaban J connectivity index is 1.47. The zero-order chi connectivity index (χ0) is 20.3. The molecule has 1 unspecified atom stereocenters. The zero-order valence-electron chi connectivity index (χ0n) is 17.3. The third kappa shape index (κ3) is 7.25. The molecule has 1 aromatic carbocycles. The fourth-order valence-corrected chi connectivity index (χ4v) is 3.88. The maximum atomic E-state index is 5.60. The van der Waals surface area contributed by atoms with Crippen LogP contribution in [0.25, 0.3) is 0 Å². The number of aromatic nitrogens is 1. The molecule has 0 aliphatic carbocycles. The van der Waals surface area contributed by atoms with Crippen molar-refractivity contribution >= 4 is 23.5 Å². The van der Waals surface area contributed by atoms with Crippen LogP contribution in [-0.4, -0.2) is 55.6 Å². The molecule has 0 spiro atoms. The predicted molar refractivity (Wildman–Crippen MR) is 122 cm³/mol. The van der Waals surface area contributed by atoms with Gasteiger partial charge in [-0.1, -0.05) is 24.3 Å². The van der Waals surface area contributed by atoms with Gasteiger partial charge in [-0.15, -0.1) is 11.8 Å².